The number of carbonyl (C=O) groups excluding carboxylic acids is 1. The van der Waals surface area contributed by atoms with Crippen molar-refractivity contribution in [2.75, 3.05) is 13.7 Å². The molecular weight excluding hydrogens is 508 g/mol. The number of halogens is 1. The van der Waals surface area contributed by atoms with E-state index < -0.39 is 12.0 Å². The number of hydrogen-bond donors (Lipinski definition) is 1. The summed E-state index contributed by atoms with van der Waals surface area (Å²) in [6.07, 6.45) is 1.74. The smallest absolute Gasteiger partial charge is 0.338 e. The topological polar surface area (TPSA) is 90.1 Å². The van der Waals surface area contributed by atoms with E-state index >= 15 is 0 Å². The molecule has 1 aromatic heterocycles. The van der Waals surface area contributed by atoms with Crippen LogP contribution < -0.4 is 19.6 Å². The largest absolute Gasteiger partial charge is 0.507 e. The SMILES string of the molecule is CCOC(=O)C1=C(C)N=c2s/c(=C/c3ccc(O)c(Br)c3)c(=O)n2C1c1ccc(OC)cc1. The maximum Gasteiger partial charge on any atom is 0.338 e. The van der Waals surface area contributed by atoms with Crippen molar-refractivity contribution in [1.29, 1.82) is 0 Å². The summed E-state index contributed by atoms with van der Waals surface area (Å²) >= 11 is 4.54. The number of aromatic hydroxyl groups is 1. The summed E-state index contributed by atoms with van der Waals surface area (Å²) in [5.74, 6) is 0.279. The van der Waals surface area contributed by atoms with Crippen molar-refractivity contribution in [3.8, 4) is 11.5 Å². The Morgan fingerprint density at radius 3 is 2.64 bits per heavy atom. The maximum atomic E-state index is 13.5. The maximum absolute atomic E-state index is 13.5. The van der Waals surface area contributed by atoms with Gasteiger partial charge in [-0.2, -0.15) is 0 Å². The lowest BCUT2D eigenvalue weighted by Gasteiger charge is -2.24. The number of carbonyl (C=O) groups is 1. The average Bonchev–Trinajstić information content (AvgIpc) is 3.10. The van der Waals surface area contributed by atoms with Gasteiger partial charge in [0.05, 0.1) is 40.0 Å². The molecule has 1 aliphatic heterocycles. The normalized spacial score (nSPS) is 15.8. The first-order valence-electron chi connectivity index (χ1n) is 10.2. The molecule has 0 aliphatic carbocycles. The van der Waals surface area contributed by atoms with E-state index in [1.165, 1.54) is 15.9 Å². The van der Waals surface area contributed by atoms with Gasteiger partial charge in [-0.3, -0.25) is 9.36 Å². The van der Waals surface area contributed by atoms with Gasteiger partial charge in [-0.25, -0.2) is 9.79 Å². The molecule has 9 heteroatoms. The molecule has 0 bridgehead atoms. The predicted octanol–water partition coefficient (Wildman–Crippen LogP) is 3.28. The van der Waals surface area contributed by atoms with Crippen molar-refractivity contribution in [2.45, 2.75) is 19.9 Å². The Balaban J connectivity index is 1.94. The lowest BCUT2D eigenvalue weighted by Crippen LogP contribution is -2.39. The number of aromatic nitrogens is 1. The van der Waals surface area contributed by atoms with E-state index in [1.807, 2.05) is 12.1 Å². The van der Waals surface area contributed by atoms with Gasteiger partial charge in [-0.15, -0.1) is 0 Å². The van der Waals surface area contributed by atoms with Crippen LogP contribution in [0, 0.1) is 0 Å². The van der Waals surface area contributed by atoms with Gasteiger partial charge in [0.15, 0.2) is 4.80 Å². The minimum atomic E-state index is -0.681. The predicted molar refractivity (Wildman–Crippen MR) is 129 cm³/mol. The van der Waals surface area contributed by atoms with E-state index in [0.29, 0.717) is 30.8 Å². The van der Waals surface area contributed by atoms with Crippen molar-refractivity contribution >= 4 is 39.3 Å². The van der Waals surface area contributed by atoms with E-state index in [4.69, 9.17) is 9.47 Å². The number of nitrogens with zero attached hydrogens (tertiary/aromatic N) is 2. The Morgan fingerprint density at radius 2 is 2.00 bits per heavy atom. The molecule has 0 amide bonds. The average molecular weight is 529 g/mol. The van der Waals surface area contributed by atoms with Gasteiger partial charge < -0.3 is 14.6 Å². The molecule has 33 heavy (non-hydrogen) atoms. The zero-order valence-corrected chi connectivity index (χ0v) is 20.6. The highest BCUT2D eigenvalue weighted by Gasteiger charge is 2.33. The van der Waals surface area contributed by atoms with Crippen LogP contribution in [-0.2, 0) is 9.53 Å². The molecular formula is C24H21BrN2O5S. The monoisotopic (exact) mass is 528 g/mol. The van der Waals surface area contributed by atoms with Crippen molar-refractivity contribution in [2.24, 2.45) is 4.99 Å². The molecule has 1 aliphatic rings. The zero-order valence-electron chi connectivity index (χ0n) is 18.2. The van der Waals surface area contributed by atoms with Crippen molar-refractivity contribution in [3.05, 3.63) is 89.0 Å². The number of hydrogen-bond acceptors (Lipinski definition) is 7. The third-order valence-electron chi connectivity index (χ3n) is 5.22. The summed E-state index contributed by atoms with van der Waals surface area (Å²) in [5, 5.41) is 9.75. The summed E-state index contributed by atoms with van der Waals surface area (Å²) in [5.41, 5.74) is 2.06. The molecule has 0 fully saturated rings. The van der Waals surface area contributed by atoms with Crippen molar-refractivity contribution < 1.29 is 19.4 Å². The first kappa shape index (κ1) is 23.0. The molecule has 1 atom stereocenters. The van der Waals surface area contributed by atoms with E-state index in [9.17, 15) is 14.7 Å². The Bertz CT molecular complexity index is 1440. The fraction of sp³-hybridized carbons (Fsp3) is 0.208. The first-order valence-corrected chi connectivity index (χ1v) is 11.8. The molecule has 4 rings (SSSR count). The summed E-state index contributed by atoms with van der Waals surface area (Å²) < 4.78 is 13.1. The second-order valence-corrected chi connectivity index (χ2v) is 9.15. The summed E-state index contributed by atoms with van der Waals surface area (Å²) in [4.78, 5) is 31.5. The lowest BCUT2D eigenvalue weighted by atomic mass is 9.96. The van der Waals surface area contributed by atoms with Crippen molar-refractivity contribution in [1.82, 2.24) is 4.57 Å². The molecule has 1 N–H and O–H groups in total. The number of allylic oxidation sites excluding steroid dienone is 1. The third-order valence-corrected chi connectivity index (χ3v) is 6.84. The van der Waals surface area contributed by atoms with E-state index in [0.717, 1.165) is 11.1 Å². The highest BCUT2D eigenvalue weighted by atomic mass is 79.9. The van der Waals surface area contributed by atoms with Crippen LogP contribution in [0.4, 0.5) is 0 Å². The van der Waals surface area contributed by atoms with Gasteiger partial charge >= 0.3 is 5.97 Å². The van der Waals surface area contributed by atoms with Crippen LogP contribution in [0.5, 0.6) is 11.5 Å². The number of methoxy groups -OCH3 is 1. The number of esters is 1. The minimum Gasteiger partial charge on any atom is -0.507 e. The number of rotatable bonds is 5. The van der Waals surface area contributed by atoms with Crippen LogP contribution in [0.25, 0.3) is 6.08 Å². The lowest BCUT2D eigenvalue weighted by molar-refractivity contribution is -0.139. The molecule has 7 nitrogen and oxygen atoms in total. The molecule has 2 aromatic carbocycles. The van der Waals surface area contributed by atoms with E-state index in [2.05, 4.69) is 20.9 Å². The molecule has 2 heterocycles. The van der Waals surface area contributed by atoms with Crippen LogP contribution in [-0.4, -0.2) is 29.4 Å². The van der Waals surface area contributed by atoms with E-state index in [1.54, 1.807) is 57.4 Å². The van der Waals surface area contributed by atoms with Gasteiger partial charge in [-0.05, 0) is 71.2 Å². The number of phenolic OH excluding ortho intramolecular Hbond substituents is 1. The van der Waals surface area contributed by atoms with Crippen LogP contribution in [0.2, 0.25) is 0 Å². The van der Waals surface area contributed by atoms with Gasteiger partial charge in [0.2, 0.25) is 0 Å². The van der Waals surface area contributed by atoms with Crippen LogP contribution in [0.1, 0.15) is 31.0 Å². The second kappa shape index (κ2) is 9.36. The van der Waals surface area contributed by atoms with E-state index in [-0.39, 0.29) is 17.9 Å². The zero-order chi connectivity index (χ0) is 23.7. The van der Waals surface area contributed by atoms with Crippen LogP contribution in [0.3, 0.4) is 0 Å². The Hall–Kier alpha value is -3.17. The number of phenols is 1. The quantitative estimate of drug-likeness (QED) is 0.513. The highest BCUT2D eigenvalue weighted by Crippen LogP contribution is 2.31. The molecule has 0 saturated heterocycles. The fourth-order valence-corrected chi connectivity index (χ4v) is 5.10. The number of fused-ring (bicyclic) bond motifs is 1. The molecule has 1 unspecified atom stereocenters. The van der Waals surface area contributed by atoms with Crippen LogP contribution >= 0.6 is 27.3 Å². The number of benzene rings is 2. The number of thiazole rings is 1. The molecule has 0 radical (unpaired) electrons. The fourth-order valence-electron chi connectivity index (χ4n) is 3.66. The molecule has 0 saturated carbocycles. The van der Waals surface area contributed by atoms with Gasteiger partial charge in [0.1, 0.15) is 11.5 Å². The standard InChI is InChI=1S/C24H21BrN2O5S/c1-4-32-23(30)20-13(2)26-24-27(21(20)15-6-8-16(31-3)9-7-15)22(29)19(33-24)12-14-5-10-18(28)17(25)11-14/h5-12,21,28H,4H2,1-3H3/b19-12+. The summed E-state index contributed by atoms with van der Waals surface area (Å²) in [6, 6.07) is 11.5. The number of ether oxygens (including phenoxy) is 2. The Morgan fingerprint density at radius 1 is 1.27 bits per heavy atom. The summed E-state index contributed by atoms with van der Waals surface area (Å²) in [7, 11) is 1.58. The molecule has 170 valence electrons. The van der Waals surface area contributed by atoms with Gasteiger partial charge in [-0.1, -0.05) is 29.5 Å². The first-order chi connectivity index (χ1) is 15.8. The third kappa shape index (κ3) is 4.38. The molecule has 3 aromatic rings. The summed E-state index contributed by atoms with van der Waals surface area (Å²) in [6.45, 7) is 3.70. The Labute approximate surface area is 202 Å². The Kier molecular flexibility index (Phi) is 6.53. The van der Waals surface area contributed by atoms with Gasteiger partial charge in [0.25, 0.3) is 5.56 Å². The van der Waals surface area contributed by atoms with Gasteiger partial charge in [0, 0.05) is 0 Å². The molecule has 0 spiro atoms. The van der Waals surface area contributed by atoms with Crippen LogP contribution in [0.15, 0.2) is 68.0 Å². The minimum absolute atomic E-state index is 0.114. The second-order valence-electron chi connectivity index (χ2n) is 7.29. The highest BCUT2D eigenvalue weighted by molar-refractivity contribution is 9.10. The van der Waals surface area contributed by atoms with Crippen molar-refractivity contribution in [3.63, 3.8) is 0 Å².